The van der Waals surface area contributed by atoms with Crippen LogP contribution in [0.2, 0.25) is 0 Å². The Morgan fingerprint density at radius 1 is 1.40 bits per heavy atom. The van der Waals surface area contributed by atoms with Crippen molar-refractivity contribution in [1.29, 1.82) is 0 Å². The largest absolute Gasteiger partial charge is 0.383 e. The molecule has 0 spiro atoms. The van der Waals surface area contributed by atoms with Crippen LogP contribution < -0.4 is 5.32 Å². The van der Waals surface area contributed by atoms with Crippen molar-refractivity contribution in [3.05, 3.63) is 42.2 Å². The molecule has 20 heavy (non-hydrogen) atoms. The Bertz CT molecular complexity index is 569. The lowest BCUT2D eigenvalue weighted by molar-refractivity contribution is 0.0929. The molecule has 0 saturated carbocycles. The number of aromatic nitrogens is 2. The van der Waals surface area contributed by atoms with Crippen LogP contribution in [0.15, 0.2) is 41.7 Å². The first-order valence-electron chi connectivity index (χ1n) is 6.22. The van der Waals surface area contributed by atoms with Gasteiger partial charge in [-0.2, -0.15) is 0 Å². The number of ether oxygens (including phenoxy) is 1. The number of hydrogen-bond acceptors (Lipinski definition) is 4. The van der Waals surface area contributed by atoms with E-state index in [4.69, 9.17) is 4.74 Å². The number of para-hydroxylation sites is 1. The van der Waals surface area contributed by atoms with Gasteiger partial charge in [0.15, 0.2) is 5.16 Å². The first-order valence-corrected chi connectivity index (χ1v) is 7.44. The summed E-state index contributed by atoms with van der Waals surface area (Å²) in [5, 5.41) is 3.60. The molecule has 0 bridgehead atoms. The third kappa shape index (κ3) is 3.20. The fourth-order valence-electron chi connectivity index (χ4n) is 1.82. The zero-order valence-corrected chi connectivity index (χ0v) is 12.3. The predicted molar refractivity (Wildman–Crippen MR) is 79.6 cm³/mol. The maximum atomic E-state index is 12.2. The first kappa shape index (κ1) is 14.6. The standard InChI is InChI=1S/C14H17N3O2S/c1-19-9-8-15-13(18)12-10-16-14(20-2)17(12)11-6-4-3-5-7-11/h3-7,10H,8-9H2,1-2H3,(H,15,18). The van der Waals surface area contributed by atoms with Crippen molar-refractivity contribution >= 4 is 17.7 Å². The van der Waals surface area contributed by atoms with Gasteiger partial charge >= 0.3 is 0 Å². The highest BCUT2D eigenvalue weighted by atomic mass is 32.2. The molecule has 106 valence electrons. The van der Waals surface area contributed by atoms with Crippen molar-refractivity contribution in [1.82, 2.24) is 14.9 Å². The van der Waals surface area contributed by atoms with Crippen molar-refractivity contribution in [3.8, 4) is 5.69 Å². The molecule has 0 fully saturated rings. The molecule has 0 atom stereocenters. The number of nitrogens with zero attached hydrogens (tertiary/aromatic N) is 2. The smallest absolute Gasteiger partial charge is 0.270 e. The molecule has 1 heterocycles. The summed E-state index contributed by atoms with van der Waals surface area (Å²) in [6, 6.07) is 9.72. The lowest BCUT2D eigenvalue weighted by Gasteiger charge is -2.11. The van der Waals surface area contributed by atoms with Crippen LogP contribution in [0.25, 0.3) is 5.69 Å². The average molecular weight is 291 g/mol. The van der Waals surface area contributed by atoms with Gasteiger partial charge in [-0.1, -0.05) is 30.0 Å². The minimum Gasteiger partial charge on any atom is -0.383 e. The molecule has 1 amide bonds. The number of amides is 1. The minimum atomic E-state index is -0.154. The third-order valence-corrected chi connectivity index (χ3v) is 3.40. The Hall–Kier alpha value is -1.79. The predicted octanol–water partition coefficient (Wildman–Crippen LogP) is 1.97. The fourth-order valence-corrected chi connectivity index (χ4v) is 2.37. The van der Waals surface area contributed by atoms with E-state index >= 15 is 0 Å². The number of nitrogens with one attached hydrogen (secondary N) is 1. The van der Waals surface area contributed by atoms with E-state index in [1.165, 1.54) is 11.8 Å². The second-order valence-corrected chi connectivity index (χ2v) is 4.82. The summed E-state index contributed by atoms with van der Waals surface area (Å²) in [6.07, 6.45) is 3.54. The number of imidazole rings is 1. The number of hydrogen-bond donors (Lipinski definition) is 1. The Balaban J connectivity index is 2.30. The maximum Gasteiger partial charge on any atom is 0.270 e. The average Bonchev–Trinajstić information content (AvgIpc) is 2.92. The van der Waals surface area contributed by atoms with Crippen LogP contribution in [0.1, 0.15) is 10.5 Å². The Morgan fingerprint density at radius 2 is 2.15 bits per heavy atom. The number of carbonyl (C=O) groups excluding carboxylic acids is 1. The van der Waals surface area contributed by atoms with Gasteiger partial charge in [0.2, 0.25) is 0 Å². The van der Waals surface area contributed by atoms with Gasteiger partial charge in [0, 0.05) is 19.3 Å². The Kier molecular flexibility index (Phi) is 5.20. The molecule has 5 nitrogen and oxygen atoms in total. The van der Waals surface area contributed by atoms with E-state index in [0.29, 0.717) is 18.8 Å². The molecule has 0 unspecified atom stereocenters. The second kappa shape index (κ2) is 7.12. The van der Waals surface area contributed by atoms with Crippen molar-refractivity contribution in [2.75, 3.05) is 26.5 Å². The minimum absolute atomic E-state index is 0.154. The first-order chi connectivity index (χ1) is 9.77. The van der Waals surface area contributed by atoms with Crippen LogP contribution in [-0.4, -0.2) is 42.0 Å². The molecular weight excluding hydrogens is 274 g/mol. The van der Waals surface area contributed by atoms with Crippen molar-refractivity contribution in [2.45, 2.75) is 5.16 Å². The van der Waals surface area contributed by atoms with Gasteiger partial charge in [-0.15, -0.1) is 0 Å². The monoisotopic (exact) mass is 291 g/mol. The van der Waals surface area contributed by atoms with E-state index in [-0.39, 0.29) is 5.91 Å². The summed E-state index contributed by atoms with van der Waals surface area (Å²) in [5.41, 5.74) is 1.45. The second-order valence-electron chi connectivity index (χ2n) is 4.05. The van der Waals surface area contributed by atoms with E-state index in [9.17, 15) is 4.79 Å². The molecule has 0 aliphatic carbocycles. The van der Waals surface area contributed by atoms with Crippen LogP contribution in [0.3, 0.4) is 0 Å². The summed E-state index contributed by atoms with van der Waals surface area (Å²) in [5.74, 6) is -0.154. The SMILES string of the molecule is COCCNC(=O)c1cnc(SC)n1-c1ccccc1. The zero-order valence-electron chi connectivity index (χ0n) is 11.5. The van der Waals surface area contributed by atoms with E-state index in [1.54, 1.807) is 13.3 Å². The lowest BCUT2D eigenvalue weighted by Crippen LogP contribution is -2.28. The van der Waals surface area contributed by atoms with Crippen LogP contribution >= 0.6 is 11.8 Å². The highest BCUT2D eigenvalue weighted by Crippen LogP contribution is 2.21. The van der Waals surface area contributed by atoms with E-state index in [1.807, 2.05) is 41.2 Å². The van der Waals surface area contributed by atoms with Crippen molar-refractivity contribution in [3.63, 3.8) is 0 Å². The maximum absolute atomic E-state index is 12.2. The summed E-state index contributed by atoms with van der Waals surface area (Å²) >= 11 is 1.50. The number of benzene rings is 1. The van der Waals surface area contributed by atoms with Gasteiger partial charge < -0.3 is 10.1 Å². The molecule has 1 N–H and O–H groups in total. The summed E-state index contributed by atoms with van der Waals surface area (Å²) in [4.78, 5) is 16.5. The van der Waals surface area contributed by atoms with E-state index < -0.39 is 0 Å². The number of rotatable bonds is 6. The lowest BCUT2D eigenvalue weighted by atomic mass is 10.3. The van der Waals surface area contributed by atoms with Gasteiger partial charge in [0.25, 0.3) is 5.91 Å². The summed E-state index contributed by atoms with van der Waals surface area (Å²) in [6.45, 7) is 0.963. The number of thioether (sulfide) groups is 1. The van der Waals surface area contributed by atoms with Crippen LogP contribution in [-0.2, 0) is 4.74 Å². The molecule has 1 aromatic carbocycles. The molecule has 2 rings (SSSR count). The summed E-state index contributed by atoms with van der Waals surface area (Å²) < 4.78 is 6.78. The molecule has 6 heteroatoms. The van der Waals surface area contributed by atoms with E-state index in [0.717, 1.165) is 10.8 Å². The normalized spacial score (nSPS) is 10.5. The highest BCUT2D eigenvalue weighted by molar-refractivity contribution is 7.98. The molecule has 0 saturated heterocycles. The van der Waals surface area contributed by atoms with Crippen molar-refractivity contribution in [2.24, 2.45) is 0 Å². The van der Waals surface area contributed by atoms with Crippen LogP contribution in [0, 0.1) is 0 Å². The number of methoxy groups -OCH3 is 1. The van der Waals surface area contributed by atoms with Crippen molar-refractivity contribution < 1.29 is 9.53 Å². The molecule has 0 aliphatic rings. The molecule has 2 aromatic rings. The Labute approximate surface area is 122 Å². The topological polar surface area (TPSA) is 56.1 Å². The quantitative estimate of drug-likeness (QED) is 0.653. The van der Waals surface area contributed by atoms with E-state index in [2.05, 4.69) is 10.3 Å². The van der Waals surface area contributed by atoms with Crippen LogP contribution in [0.5, 0.6) is 0 Å². The van der Waals surface area contributed by atoms with Gasteiger partial charge in [0.05, 0.1) is 12.8 Å². The van der Waals surface area contributed by atoms with Gasteiger partial charge in [-0.05, 0) is 18.4 Å². The Morgan fingerprint density at radius 3 is 2.80 bits per heavy atom. The zero-order chi connectivity index (χ0) is 14.4. The van der Waals surface area contributed by atoms with Crippen LogP contribution in [0.4, 0.5) is 0 Å². The van der Waals surface area contributed by atoms with Gasteiger partial charge in [-0.25, -0.2) is 4.98 Å². The number of carbonyl (C=O) groups is 1. The molecular formula is C14H17N3O2S. The third-order valence-electron chi connectivity index (χ3n) is 2.75. The molecule has 1 aromatic heterocycles. The highest BCUT2D eigenvalue weighted by Gasteiger charge is 2.16. The summed E-state index contributed by atoms with van der Waals surface area (Å²) in [7, 11) is 1.60. The molecule has 0 aliphatic heterocycles. The fraction of sp³-hybridized carbons (Fsp3) is 0.286. The van der Waals surface area contributed by atoms with Gasteiger partial charge in [0.1, 0.15) is 5.69 Å². The molecule has 0 radical (unpaired) electrons. The van der Waals surface area contributed by atoms with Gasteiger partial charge in [-0.3, -0.25) is 9.36 Å².